The molecule has 0 atom stereocenters. The van der Waals surface area contributed by atoms with Crippen molar-refractivity contribution in [1.82, 2.24) is 5.43 Å². The standard InChI is InChI=1S/C19H23N3O3/c1-12(16-3-2-4-17(8-16)22(24)25)20-21-18(23)19-9-13-5-14(10-19)7-15(6-13)11-19/h2-4,8,13-15H,5-7,9-11H2,1H3,(H,21,23). The van der Waals surface area contributed by atoms with Gasteiger partial charge in [0.15, 0.2) is 0 Å². The summed E-state index contributed by atoms with van der Waals surface area (Å²) in [6, 6.07) is 6.33. The van der Waals surface area contributed by atoms with Crippen LogP contribution >= 0.6 is 0 Å². The molecule has 4 fully saturated rings. The van der Waals surface area contributed by atoms with Crippen molar-refractivity contribution in [2.75, 3.05) is 0 Å². The van der Waals surface area contributed by atoms with Crippen LogP contribution in [-0.2, 0) is 4.79 Å². The van der Waals surface area contributed by atoms with Crippen molar-refractivity contribution >= 4 is 17.3 Å². The topological polar surface area (TPSA) is 84.6 Å². The molecule has 25 heavy (non-hydrogen) atoms. The van der Waals surface area contributed by atoms with Crippen molar-refractivity contribution in [1.29, 1.82) is 0 Å². The van der Waals surface area contributed by atoms with Gasteiger partial charge in [0, 0.05) is 17.7 Å². The average Bonchev–Trinajstić information content (AvgIpc) is 2.58. The molecule has 6 nitrogen and oxygen atoms in total. The maximum absolute atomic E-state index is 12.9. The van der Waals surface area contributed by atoms with Gasteiger partial charge >= 0.3 is 0 Å². The Labute approximate surface area is 146 Å². The molecule has 4 aliphatic rings. The van der Waals surface area contributed by atoms with E-state index in [-0.39, 0.29) is 17.0 Å². The third-order valence-electron chi connectivity index (χ3n) is 6.32. The van der Waals surface area contributed by atoms with Crippen molar-refractivity contribution in [3.8, 4) is 0 Å². The van der Waals surface area contributed by atoms with Gasteiger partial charge in [-0.05, 0) is 63.2 Å². The molecule has 1 aromatic carbocycles. The summed E-state index contributed by atoms with van der Waals surface area (Å²) in [7, 11) is 0. The van der Waals surface area contributed by atoms with Crippen molar-refractivity contribution in [3.05, 3.63) is 39.9 Å². The van der Waals surface area contributed by atoms with E-state index in [2.05, 4.69) is 10.5 Å². The van der Waals surface area contributed by atoms with Crippen LogP contribution in [0.1, 0.15) is 51.0 Å². The first-order chi connectivity index (χ1) is 11.9. The largest absolute Gasteiger partial charge is 0.273 e. The molecule has 4 aliphatic carbocycles. The van der Waals surface area contributed by atoms with Crippen LogP contribution in [0.5, 0.6) is 0 Å². The molecule has 5 rings (SSSR count). The minimum absolute atomic E-state index is 0.0273. The predicted molar refractivity (Wildman–Crippen MR) is 94.1 cm³/mol. The maximum Gasteiger partial charge on any atom is 0.270 e. The Balaban J connectivity index is 1.49. The second-order valence-electron chi connectivity index (χ2n) is 8.14. The quantitative estimate of drug-likeness (QED) is 0.515. The molecular formula is C19H23N3O3. The summed E-state index contributed by atoms with van der Waals surface area (Å²) in [6.07, 6.45) is 6.87. The molecule has 0 radical (unpaired) electrons. The van der Waals surface area contributed by atoms with E-state index in [0.29, 0.717) is 29.0 Å². The van der Waals surface area contributed by atoms with Gasteiger partial charge in [-0.1, -0.05) is 12.1 Å². The Kier molecular flexibility index (Phi) is 3.85. The molecule has 6 heteroatoms. The number of rotatable bonds is 4. The molecular weight excluding hydrogens is 318 g/mol. The number of nitro groups is 1. The van der Waals surface area contributed by atoms with E-state index in [1.807, 2.05) is 0 Å². The van der Waals surface area contributed by atoms with E-state index in [4.69, 9.17) is 0 Å². The average molecular weight is 341 g/mol. The summed E-state index contributed by atoms with van der Waals surface area (Å²) in [5.74, 6) is 2.16. The number of non-ortho nitro benzene ring substituents is 1. The van der Waals surface area contributed by atoms with Crippen LogP contribution in [0.25, 0.3) is 0 Å². The molecule has 132 valence electrons. The van der Waals surface area contributed by atoms with Crippen molar-refractivity contribution in [3.63, 3.8) is 0 Å². The molecule has 1 N–H and O–H groups in total. The molecule has 0 heterocycles. The predicted octanol–water partition coefficient (Wildman–Crippen LogP) is 3.65. The van der Waals surface area contributed by atoms with E-state index < -0.39 is 4.92 Å². The van der Waals surface area contributed by atoms with E-state index in [1.54, 1.807) is 19.1 Å². The normalized spacial score (nSPS) is 33.3. The Hall–Kier alpha value is -2.24. The van der Waals surface area contributed by atoms with Gasteiger partial charge < -0.3 is 0 Å². The number of hydrogen-bond donors (Lipinski definition) is 1. The number of hydrogen-bond acceptors (Lipinski definition) is 4. The summed E-state index contributed by atoms with van der Waals surface area (Å²) in [5, 5.41) is 15.1. The second kappa shape index (κ2) is 5.93. The fourth-order valence-corrected chi connectivity index (χ4v) is 5.55. The molecule has 0 saturated heterocycles. The van der Waals surface area contributed by atoms with Crippen LogP contribution in [-0.4, -0.2) is 16.5 Å². The van der Waals surface area contributed by atoms with Gasteiger partial charge in [-0.3, -0.25) is 14.9 Å². The van der Waals surface area contributed by atoms with Gasteiger partial charge in [0.25, 0.3) is 5.69 Å². The summed E-state index contributed by atoms with van der Waals surface area (Å²) in [6.45, 7) is 1.76. The van der Waals surface area contributed by atoms with Gasteiger partial charge in [-0.2, -0.15) is 5.10 Å². The minimum atomic E-state index is -0.426. The monoisotopic (exact) mass is 341 g/mol. The summed E-state index contributed by atoms with van der Waals surface area (Å²) >= 11 is 0. The number of nitro benzene ring substituents is 1. The van der Waals surface area contributed by atoms with E-state index >= 15 is 0 Å². The van der Waals surface area contributed by atoms with Crippen LogP contribution in [0.15, 0.2) is 29.4 Å². The van der Waals surface area contributed by atoms with Crippen LogP contribution < -0.4 is 5.43 Å². The van der Waals surface area contributed by atoms with Crippen LogP contribution in [0.4, 0.5) is 5.69 Å². The molecule has 0 aromatic heterocycles. The van der Waals surface area contributed by atoms with Gasteiger partial charge in [0.2, 0.25) is 5.91 Å². The fourth-order valence-electron chi connectivity index (χ4n) is 5.55. The second-order valence-corrected chi connectivity index (χ2v) is 8.14. The van der Waals surface area contributed by atoms with Gasteiger partial charge in [-0.15, -0.1) is 0 Å². The van der Waals surface area contributed by atoms with Crippen molar-refractivity contribution in [2.45, 2.75) is 45.4 Å². The molecule has 0 unspecified atom stereocenters. The molecule has 0 spiro atoms. The van der Waals surface area contributed by atoms with Gasteiger partial charge in [0.1, 0.15) is 0 Å². The first kappa shape index (κ1) is 16.2. The zero-order valence-corrected chi connectivity index (χ0v) is 14.4. The summed E-state index contributed by atoms with van der Waals surface area (Å²) in [5.41, 5.74) is 3.80. The third kappa shape index (κ3) is 2.94. The molecule has 4 saturated carbocycles. The number of benzene rings is 1. The number of nitrogens with one attached hydrogen (secondary N) is 1. The highest BCUT2D eigenvalue weighted by Crippen LogP contribution is 2.60. The highest BCUT2D eigenvalue weighted by molar-refractivity contribution is 6.00. The lowest BCUT2D eigenvalue weighted by atomic mass is 9.49. The fraction of sp³-hybridized carbons (Fsp3) is 0.579. The number of nitrogens with zero attached hydrogens (tertiary/aromatic N) is 2. The Morgan fingerprint density at radius 2 is 1.80 bits per heavy atom. The molecule has 1 aromatic rings. The summed E-state index contributed by atoms with van der Waals surface area (Å²) < 4.78 is 0. The zero-order valence-electron chi connectivity index (χ0n) is 14.4. The first-order valence-corrected chi connectivity index (χ1v) is 9.05. The number of carbonyl (C=O) groups excluding carboxylic acids is 1. The van der Waals surface area contributed by atoms with E-state index in [9.17, 15) is 14.9 Å². The first-order valence-electron chi connectivity index (χ1n) is 9.05. The number of amides is 1. The van der Waals surface area contributed by atoms with E-state index in [1.165, 1.54) is 31.4 Å². The summed E-state index contributed by atoms with van der Waals surface area (Å²) in [4.78, 5) is 23.4. The van der Waals surface area contributed by atoms with E-state index in [0.717, 1.165) is 19.3 Å². The van der Waals surface area contributed by atoms with Crippen LogP contribution in [0.2, 0.25) is 0 Å². The highest BCUT2D eigenvalue weighted by atomic mass is 16.6. The Bertz CT molecular complexity index is 721. The lowest BCUT2D eigenvalue weighted by Crippen LogP contribution is -2.52. The van der Waals surface area contributed by atoms with Crippen molar-refractivity contribution < 1.29 is 9.72 Å². The molecule has 0 aliphatic heterocycles. The highest BCUT2D eigenvalue weighted by Gasteiger charge is 2.54. The smallest absolute Gasteiger partial charge is 0.270 e. The lowest BCUT2D eigenvalue weighted by Gasteiger charge is -2.55. The SMILES string of the molecule is CC(=NNC(=O)C12CC3CC(CC(C3)C1)C2)c1cccc([N+](=O)[O-])c1. The minimum Gasteiger partial charge on any atom is -0.273 e. The van der Waals surface area contributed by atoms with Gasteiger partial charge in [-0.25, -0.2) is 5.43 Å². The van der Waals surface area contributed by atoms with Crippen LogP contribution in [0.3, 0.4) is 0 Å². The van der Waals surface area contributed by atoms with Crippen molar-refractivity contribution in [2.24, 2.45) is 28.3 Å². The number of hydrazone groups is 1. The molecule has 1 amide bonds. The maximum atomic E-state index is 12.9. The number of carbonyl (C=O) groups is 1. The Morgan fingerprint density at radius 3 is 2.36 bits per heavy atom. The zero-order chi connectivity index (χ0) is 17.6. The van der Waals surface area contributed by atoms with Crippen LogP contribution in [0, 0.1) is 33.3 Å². The molecule has 4 bridgehead atoms. The Morgan fingerprint density at radius 1 is 1.20 bits per heavy atom. The lowest BCUT2D eigenvalue weighted by molar-refractivity contribution is -0.384. The van der Waals surface area contributed by atoms with Gasteiger partial charge in [0.05, 0.1) is 16.0 Å². The third-order valence-corrected chi connectivity index (χ3v) is 6.32.